The molecule has 2 heterocycles. The third-order valence-corrected chi connectivity index (χ3v) is 3.05. The summed E-state index contributed by atoms with van der Waals surface area (Å²) < 4.78 is 0. The van der Waals surface area contributed by atoms with Crippen molar-refractivity contribution < 1.29 is 0 Å². The molecule has 1 nitrogen and oxygen atoms in total. The van der Waals surface area contributed by atoms with Crippen molar-refractivity contribution in [3.8, 4) is 0 Å². The van der Waals surface area contributed by atoms with Gasteiger partial charge in [-0.25, -0.2) is 0 Å². The van der Waals surface area contributed by atoms with Crippen LogP contribution in [0.5, 0.6) is 0 Å². The normalized spacial score (nSPS) is 34.5. The minimum atomic E-state index is 0.912. The molecule has 1 heteroatoms. The Bertz CT molecular complexity index is 172. The van der Waals surface area contributed by atoms with Crippen molar-refractivity contribution in [2.45, 2.75) is 45.1 Å². The van der Waals surface area contributed by atoms with Crippen LogP contribution in [0.25, 0.3) is 0 Å². The third kappa shape index (κ3) is 1.17. The smallest absolute Gasteiger partial charge is 0.0287 e. The number of rotatable bonds is 0. The predicted molar refractivity (Wildman–Crippen MR) is 47.3 cm³/mol. The van der Waals surface area contributed by atoms with Crippen LogP contribution in [0.4, 0.5) is 0 Å². The summed E-state index contributed by atoms with van der Waals surface area (Å²) in [7, 11) is 0. The largest absolute Gasteiger partial charge is 0.372 e. The molecule has 0 saturated carbocycles. The monoisotopic (exact) mass is 151 g/mol. The molecule has 2 aliphatic rings. The van der Waals surface area contributed by atoms with Gasteiger partial charge >= 0.3 is 0 Å². The topological polar surface area (TPSA) is 3.24 Å². The molecule has 2 aliphatic heterocycles. The van der Waals surface area contributed by atoms with E-state index in [2.05, 4.69) is 17.9 Å². The summed E-state index contributed by atoms with van der Waals surface area (Å²) >= 11 is 0. The zero-order valence-corrected chi connectivity index (χ0v) is 7.34. The van der Waals surface area contributed by atoms with E-state index in [9.17, 15) is 0 Å². The van der Waals surface area contributed by atoms with Gasteiger partial charge in [0.2, 0.25) is 0 Å². The van der Waals surface area contributed by atoms with Crippen molar-refractivity contribution in [2.24, 2.45) is 0 Å². The zero-order valence-electron chi connectivity index (χ0n) is 7.34. The van der Waals surface area contributed by atoms with Crippen LogP contribution in [0.2, 0.25) is 0 Å². The van der Waals surface area contributed by atoms with Crippen molar-refractivity contribution in [3.63, 3.8) is 0 Å². The number of hydrogen-bond donors (Lipinski definition) is 0. The molecule has 1 unspecified atom stereocenters. The van der Waals surface area contributed by atoms with Crippen LogP contribution in [0, 0.1) is 0 Å². The Balaban J connectivity index is 2.12. The van der Waals surface area contributed by atoms with E-state index in [0.29, 0.717) is 0 Å². The molecule has 0 aromatic rings. The molecule has 0 aliphatic carbocycles. The molecule has 0 bridgehead atoms. The van der Waals surface area contributed by atoms with E-state index < -0.39 is 0 Å². The van der Waals surface area contributed by atoms with Crippen molar-refractivity contribution >= 4 is 0 Å². The van der Waals surface area contributed by atoms with Crippen LogP contribution in [0.3, 0.4) is 0 Å². The number of allylic oxidation sites excluding steroid dienone is 2. The Morgan fingerprint density at radius 2 is 2.18 bits per heavy atom. The van der Waals surface area contributed by atoms with Gasteiger partial charge in [-0.3, -0.25) is 0 Å². The van der Waals surface area contributed by atoms with Gasteiger partial charge in [0.1, 0.15) is 0 Å². The van der Waals surface area contributed by atoms with Gasteiger partial charge in [-0.2, -0.15) is 0 Å². The fourth-order valence-corrected chi connectivity index (χ4v) is 2.49. The molecule has 11 heavy (non-hydrogen) atoms. The van der Waals surface area contributed by atoms with E-state index in [1.165, 1.54) is 38.6 Å². The summed E-state index contributed by atoms with van der Waals surface area (Å²) in [5.74, 6) is 0. The summed E-state index contributed by atoms with van der Waals surface area (Å²) in [5.41, 5.74) is 1.61. The average molecular weight is 151 g/mol. The molecule has 62 valence electrons. The second kappa shape index (κ2) is 2.88. The summed E-state index contributed by atoms with van der Waals surface area (Å²) in [4.78, 5) is 2.63. The van der Waals surface area contributed by atoms with E-state index in [1.807, 2.05) is 0 Å². The van der Waals surface area contributed by atoms with E-state index in [1.54, 1.807) is 5.70 Å². The van der Waals surface area contributed by atoms with E-state index >= 15 is 0 Å². The first kappa shape index (κ1) is 7.20. The number of fused-ring (bicyclic) bond motifs is 1. The Kier molecular flexibility index (Phi) is 1.89. The van der Waals surface area contributed by atoms with Crippen LogP contribution in [0.1, 0.15) is 39.0 Å². The molecule has 2 fully saturated rings. The predicted octanol–water partition coefficient (Wildman–Crippen LogP) is 2.54. The van der Waals surface area contributed by atoms with Gasteiger partial charge in [0.05, 0.1) is 0 Å². The molecule has 1 atom stereocenters. The number of hydrogen-bond acceptors (Lipinski definition) is 1. The lowest BCUT2D eigenvalue weighted by molar-refractivity contribution is 0.254. The molecular weight excluding hydrogens is 134 g/mol. The third-order valence-electron chi connectivity index (χ3n) is 3.05. The average Bonchev–Trinajstić information content (AvgIpc) is 2.50. The van der Waals surface area contributed by atoms with Crippen molar-refractivity contribution in [2.75, 3.05) is 6.54 Å². The van der Waals surface area contributed by atoms with Crippen LogP contribution in [0.15, 0.2) is 11.8 Å². The van der Waals surface area contributed by atoms with Gasteiger partial charge in [0.15, 0.2) is 0 Å². The summed E-state index contributed by atoms with van der Waals surface area (Å²) in [6, 6.07) is 0.912. The second-order valence-electron chi connectivity index (χ2n) is 3.66. The highest BCUT2D eigenvalue weighted by atomic mass is 15.2. The maximum atomic E-state index is 2.63. The van der Waals surface area contributed by atoms with E-state index in [4.69, 9.17) is 0 Å². The summed E-state index contributed by atoms with van der Waals surface area (Å²) in [6.07, 6.45) is 9.35. The molecular formula is C10H17N. The molecule has 2 saturated heterocycles. The minimum absolute atomic E-state index is 0.912. The number of piperidine rings is 1. The Morgan fingerprint density at radius 3 is 3.00 bits per heavy atom. The quantitative estimate of drug-likeness (QED) is 0.514. The number of nitrogens with zero attached hydrogens (tertiary/aromatic N) is 1. The fraction of sp³-hybridized carbons (Fsp3) is 0.800. The van der Waals surface area contributed by atoms with Gasteiger partial charge in [0.25, 0.3) is 0 Å². The highest BCUT2D eigenvalue weighted by molar-refractivity contribution is 5.07. The summed E-state index contributed by atoms with van der Waals surface area (Å²) in [5, 5.41) is 0. The van der Waals surface area contributed by atoms with Crippen LogP contribution < -0.4 is 0 Å². The highest BCUT2D eigenvalue weighted by Gasteiger charge is 2.28. The van der Waals surface area contributed by atoms with Crippen molar-refractivity contribution in [1.29, 1.82) is 0 Å². The second-order valence-corrected chi connectivity index (χ2v) is 3.66. The lowest BCUT2D eigenvalue weighted by Crippen LogP contribution is -2.32. The Morgan fingerprint density at radius 1 is 1.36 bits per heavy atom. The fourth-order valence-electron chi connectivity index (χ4n) is 2.49. The van der Waals surface area contributed by atoms with Crippen LogP contribution in [-0.4, -0.2) is 17.5 Å². The zero-order chi connectivity index (χ0) is 7.68. The van der Waals surface area contributed by atoms with Gasteiger partial charge < -0.3 is 4.90 Å². The lowest BCUT2D eigenvalue weighted by Gasteiger charge is -2.33. The van der Waals surface area contributed by atoms with Gasteiger partial charge in [-0.05, 0) is 39.0 Å². The molecule has 0 amide bonds. The lowest BCUT2D eigenvalue weighted by atomic mass is 10.0. The SMILES string of the molecule is CC=C1CCCC2CCCN12. The molecule has 0 N–H and O–H groups in total. The van der Waals surface area contributed by atoms with Crippen molar-refractivity contribution in [1.82, 2.24) is 4.90 Å². The van der Waals surface area contributed by atoms with Gasteiger partial charge in [0, 0.05) is 18.3 Å². The first-order valence-corrected chi connectivity index (χ1v) is 4.83. The van der Waals surface area contributed by atoms with Crippen LogP contribution in [-0.2, 0) is 0 Å². The molecule has 0 radical (unpaired) electrons. The van der Waals surface area contributed by atoms with Gasteiger partial charge in [-0.1, -0.05) is 6.08 Å². The maximum Gasteiger partial charge on any atom is 0.0287 e. The molecule has 0 aromatic carbocycles. The minimum Gasteiger partial charge on any atom is -0.372 e. The standard InChI is InChI=1S/C10H17N/c1-2-9-5-3-6-10-7-4-8-11(9)10/h2,10H,3-8H2,1H3. The van der Waals surface area contributed by atoms with Crippen molar-refractivity contribution in [3.05, 3.63) is 11.8 Å². The first-order valence-electron chi connectivity index (χ1n) is 4.83. The first-order chi connectivity index (χ1) is 5.42. The Hall–Kier alpha value is -0.460. The molecule has 0 aromatic heterocycles. The maximum absolute atomic E-state index is 2.63. The highest BCUT2D eigenvalue weighted by Crippen LogP contribution is 2.32. The van der Waals surface area contributed by atoms with Crippen LogP contribution >= 0.6 is 0 Å². The molecule has 0 spiro atoms. The van der Waals surface area contributed by atoms with E-state index in [-0.39, 0.29) is 0 Å². The van der Waals surface area contributed by atoms with E-state index in [0.717, 1.165) is 6.04 Å². The summed E-state index contributed by atoms with van der Waals surface area (Å²) in [6.45, 7) is 3.50. The molecule has 2 rings (SSSR count). The van der Waals surface area contributed by atoms with Gasteiger partial charge in [-0.15, -0.1) is 0 Å². The Labute approximate surface area is 69.1 Å².